The fraction of sp³-hybridized carbons (Fsp3) is 1.00. The minimum Gasteiger partial charge on any atom is -0.317 e. The molecular formula is C26H57N3. The Hall–Kier alpha value is -0.120. The monoisotopic (exact) mass is 411 g/mol. The lowest BCUT2D eigenvalue weighted by molar-refractivity contribution is 0.412. The summed E-state index contributed by atoms with van der Waals surface area (Å²) in [5.41, 5.74) is 0. The van der Waals surface area contributed by atoms with E-state index in [9.17, 15) is 0 Å². The van der Waals surface area contributed by atoms with Crippen molar-refractivity contribution < 1.29 is 0 Å². The first kappa shape index (κ1) is 28.9. The van der Waals surface area contributed by atoms with Crippen LogP contribution in [0.25, 0.3) is 0 Å². The first-order valence-corrected chi connectivity index (χ1v) is 13.5. The van der Waals surface area contributed by atoms with Gasteiger partial charge in [-0.1, -0.05) is 85.0 Å². The van der Waals surface area contributed by atoms with Crippen LogP contribution in [0.5, 0.6) is 0 Å². The molecule has 0 aromatic carbocycles. The molecular weight excluding hydrogens is 354 g/mol. The Morgan fingerprint density at radius 1 is 0.414 bits per heavy atom. The van der Waals surface area contributed by atoms with Crippen LogP contribution in [0.4, 0.5) is 0 Å². The summed E-state index contributed by atoms with van der Waals surface area (Å²) in [5.74, 6) is 0. The van der Waals surface area contributed by atoms with E-state index in [1.165, 1.54) is 142 Å². The van der Waals surface area contributed by atoms with Crippen LogP contribution in [-0.4, -0.2) is 38.8 Å². The van der Waals surface area contributed by atoms with Gasteiger partial charge in [0.15, 0.2) is 0 Å². The maximum absolute atomic E-state index is 3.88. The highest BCUT2D eigenvalue weighted by molar-refractivity contribution is 4.69. The second-order valence-corrected chi connectivity index (χ2v) is 8.97. The van der Waals surface area contributed by atoms with E-state index in [1.54, 1.807) is 0 Å². The van der Waals surface area contributed by atoms with E-state index in [0.29, 0.717) is 6.04 Å². The summed E-state index contributed by atoms with van der Waals surface area (Å²) in [5, 5.41) is 11.2. The molecule has 0 rings (SSSR count). The van der Waals surface area contributed by atoms with Crippen LogP contribution >= 0.6 is 0 Å². The largest absolute Gasteiger partial charge is 0.317 e. The average molecular weight is 412 g/mol. The topological polar surface area (TPSA) is 36.1 Å². The SMILES string of the molecule is CCCCCCCNC(CCCNCCCCCC)CCCNCCCCCC. The van der Waals surface area contributed by atoms with Crippen LogP contribution < -0.4 is 16.0 Å². The summed E-state index contributed by atoms with van der Waals surface area (Å²) in [6.45, 7) is 12.9. The standard InChI is InChI=1S/C26H57N3/c1-4-7-10-13-16-25-29-26(19-17-23-27-21-14-11-8-5-2)20-18-24-28-22-15-12-9-6-3/h26-29H,4-25H2,1-3H3. The van der Waals surface area contributed by atoms with Crippen LogP contribution in [0.15, 0.2) is 0 Å². The summed E-state index contributed by atoms with van der Waals surface area (Å²) in [6.07, 6.45) is 23.1. The summed E-state index contributed by atoms with van der Waals surface area (Å²) < 4.78 is 0. The lowest BCUT2D eigenvalue weighted by Gasteiger charge is -2.19. The van der Waals surface area contributed by atoms with Crippen molar-refractivity contribution in [3.05, 3.63) is 0 Å². The number of rotatable bonds is 25. The van der Waals surface area contributed by atoms with Crippen LogP contribution in [0.3, 0.4) is 0 Å². The van der Waals surface area contributed by atoms with Crippen molar-refractivity contribution in [2.24, 2.45) is 0 Å². The zero-order valence-corrected chi connectivity index (χ0v) is 20.6. The van der Waals surface area contributed by atoms with Crippen molar-refractivity contribution >= 4 is 0 Å². The molecule has 0 saturated heterocycles. The molecule has 0 radical (unpaired) electrons. The molecule has 0 bridgehead atoms. The molecule has 0 unspecified atom stereocenters. The van der Waals surface area contributed by atoms with E-state index < -0.39 is 0 Å². The van der Waals surface area contributed by atoms with Gasteiger partial charge in [-0.2, -0.15) is 0 Å². The zero-order valence-electron chi connectivity index (χ0n) is 20.6. The molecule has 176 valence electrons. The van der Waals surface area contributed by atoms with Gasteiger partial charge in [0.05, 0.1) is 0 Å². The predicted molar refractivity (Wildman–Crippen MR) is 133 cm³/mol. The molecule has 0 fully saturated rings. The molecule has 0 aliphatic heterocycles. The molecule has 0 atom stereocenters. The zero-order chi connectivity index (χ0) is 21.3. The molecule has 0 aromatic heterocycles. The fourth-order valence-corrected chi connectivity index (χ4v) is 3.93. The van der Waals surface area contributed by atoms with Gasteiger partial charge >= 0.3 is 0 Å². The average Bonchev–Trinajstić information content (AvgIpc) is 2.73. The molecule has 0 aliphatic carbocycles. The van der Waals surface area contributed by atoms with Gasteiger partial charge < -0.3 is 16.0 Å². The molecule has 0 heterocycles. The lowest BCUT2D eigenvalue weighted by atomic mass is 10.0. The highest BCUT2D eigenvalue weighted by atomic mass is 14.9. The quantitative estimate of drug-likeness (QED) is 0.144. The van der Waals surface area contributed by atoms with Crippen LogP contribution in [-0.2, 0) is 0 Å². The van der Waals surface area contributed by atoms with Crippen molar-refractivity contribution in [3.63, 3.8) is 0 Å². The highest BCUT2D eigenvalue weighted by Gasteiger charge is 2.07. The Kier molecular flexibility index (Phi) is 25.8. The molecule has 29 heavy (non-hydrogen) atoms. The molecule has 0 saturated carbocycles. The first-order chi connectivity index (χ1) is 14.3. The number of hydrogen-bond donors (Lipinski definition) is 3. The summed E-state index contributed by atoms with van der Waals surface area (Å²) in [4.78, 5) is 0. The molecule has 0 aromatic rings. The van der Waals surface area contributed by atoms with Gasteiger partial charge in [0.1, 0.15) is 0 Å². The van der Waals surface area contributed by atoms with Crippen LogP contribution in [0.1, 0.15) is 130 Å². The van der Waals surface area contributed by atoms with E-state index in [2.05, 4.69) is 36.7 Å². The highest BCUT2D eigenvalue weighted by Crippen LogP contribution is 2.07. The molecule has 3 N–H and O–H groups in total. The van der Waals surface area contributed by atoms with E-state index in [-0.39, 0.29) is 0 Å². The Labute approximate surface area is 185 Å². The smallest absolute Gasteiger partial charge is 0.00680 e. The van der Waals surface area contributed by atoms with Crippen LogP contribution in [0, 0.1) is 0 Å². The van der Waals surface area contributed by atoms with Crippen molar-refractivity contribution in [1.29, 1.82) is 0 Å². The Balaban J connectivity index is 3.79. The van der Waals surface area contributed by atoms with Crippen molar-refractivity contribution in [2.45, 2.75) is 136 Å². The molecule has 3 nitrogen and oxygen atoms in total. The van der Waals surface area contributed by atoms with Crippen molar-refractivity contribution in [1.82, 2.24) is 16.0 Å². The Morgan fingerprint density at radius 2 is 0.793 bits per heavy atom. The predicted octanol–water partition coefficient (Wildman–Crippen LogP) is 6.82. The third-order valence-corrected chi connectivity index (χ3v) is 5.94. The van der Waals surface area contributed by atoms with Crippen molar-refractivity contribution in [3.8, 4) is 0 Å². The van der Waals surface area contributed by atoms with E-state index >= 15 is 0 Å². The lowest BCUT2D eigenvalue weighted by Crippen LogP contribution is -2.32. The van der Waals surface area contributed by atoms with Gasteiger partial charge in [-0.3, -0.25) is 0 Å². The Bertz CT molecular complexity index is 263. The summed E-state index contributed by atoms with van der Waals surface area (Å²) in [6, 6.07) is 0.713. The fourth-order valence-electron chi connectivity index (χ4n) is 3.93. The van der Waals surface area contributed by atoms with Gasteiger partial charge in [-0.05, 0) is 77.7 Å². The van der Waals surface area contributed by atoms with Gasteiger partial charge in [0.25, 0.3) is 0 Å². The number of unbranched alkanes of at least 4 members (excludes halogenated alkanes) is 10. The molecule has 0 amide bonds. The summed E-state index contributed by atoms with van der Waals surface area (Å²) >= 11 is 0. The maximum Gasteiger partial charge on any atom is 0.00680 e. The van der Waals surface area contributed by atoms with E-state index in [4.69, 9.17) is 0 Å². The number of hydrogen-bond acceptors (Lipinski definition) is 3. The second kappa shape index (κ2) is 25.9. The third-order valence-electron chi connectivity index (χ3n) is 5.94. The van der Waals surface area contributed by atoms with Gasteiger partial charge in [0.2, 0.25) is 0 Å². The van der Waals surface area contributed by atoms with E-state index in [1.807, 2.05) is 0 Å². The van der Waals surface area contributed by atoms with Crippen LogP contribution in [0.2, 0.25) is 0 Å². The maximum atomic E-state index is 3.88. The minimum absolute atomic E-state index is 0.713. The van der Waals surface area contributed by atoms with Gasteiger partial charge in [-0.25, -0.2) is 0 Å². The van der Waals surface area contributed by atoms with Crippen molar-refractivity contribution in [2.75, 3.05) is 32.7 Å². The van der Waals surface area contributed by atoms with Gasteiger partial charge in [-0.15, -0.1) is 0 Å². The molecule has 3 heteroatoms. The normalized spacial score (nSPS) is 11.6. The Morgan fingerprint density at radius 3 is 1.28 bits per heavy atom. The first-order valence-electron chi connectivity index (χ1n) is 13.5. The minimum atomic E-state index is 0.713. The third kappa shape index (κ3) is 24.0. The number of nitrogens with one attached hydrogen (secondary N) is 3. The van der Waals surface area contributed by atoms with E-state index in [0.717, 1.165) is 0 Å². The van der Waals surface area contributed by atoms with Gasteiger partial charge in [0, 0.05) is 6.04 Å². The summed E-state index contributed by atoms with van der Waals surface area (Å²) in [7, 11) is 0. The molecule has 0 spiro atoms. The second-order valence-electron chi connectivity index (χ2n) is 8.97. The molecule has 0 aliphatic rings.